The summed E-state index contributed by atoms with van der Waals surface area (Å²) in [6.45, 7) is 4.92. The molecule has 2 aliphatic rings. The zero-order valence-corrected chi connectivity index (χ0v) is 17.2. The van der Waals surface area contributed by atoms with Gasteiger partial charge in [-0.15, -0.1) is 0 Å². The van der Waals surface area contributed by atoms with Crippen LogP contribution in [-0.2, 0) is 12.8 Å². The number of hydrogen-bond donors (Lipinski definition) is 2. The summed E-state index contributed by atoms with van der Waals surface area (Å²) in [5, 5.41) is 14.3. The second-order valence-corrected chi connectivity index (χ2v) is 8.30. The molecule has 4 rings (SSSR count). The number of fused-ring (bicyclic) bond motifs is 2. The molecule has 152 valence electrons. The van der Waals surface area contributed by atoms with Crippen LogP contribution in [0.15, 0.2) is 12.1 Å². The van der Waals surface area contributed by atoms with Crippen LogP contribution in [0.25, 0.3) is 10.9 Å². The number of benzene rings is 1. The van der Waals surface area contributed by atoms with E-state index >= 15 is 0 Å². The summed E-state index contributed by atoms with van der Waals surface area (Å²) in [6.07, 6.45) is 5.47. The van der Waals surface area contributed by atoms with Crippen molar-refractivity contribution < 1.29 is 14.6 Å². The van der Waals surface area contributed by atoms with E-state index in [4.69, 9.17) is 14.5 Å². The predicted octanol–water partition coefficient (Wildman–Crippen LogP) is 3.00. The van der Waals surface area contributed by atoms with Gasteiger partial charge in [0.05, 0.1) is 24.8 Å². The van der Waals surface area contributed by atoms with Crippen molar-refractivity contribution in [2.24, 2.45) is 0 Å². The topological polar surface area (TPSA) is 66.9 Å². The molecule has 0 spiro atoms. The minimum Gasteiger partial charge on any atom is -0.493 e. The SMILES string of the molecule is CNc1c2c(nc3cc(OCCCN4CC(C)(O)C4)c(OC)cc13)CCCC2. The summed E-state index contributed by atoms with van der Waals surface area (Å²) < 4.78 is 11.7. The first-order valence-electron chi connectivity index (χ1n) is 10.3. The first kappa shape index (κ1) is 19.3. The fourth-order valence-electron chi connectivity index (χ4n) is 4.54. The molecule has 0 unspecified atom stereocenters. The van der Waals surface area contributed by atoms with Gasteiger partial charge in [0.25, 0.3) is 0 Å². The largest absolute Gasteiger partial charge is 0.493 e. The molecule has 6 heteroatoms. The van der Waals surface area contributed by atoms with Crippen molar-refractivity contribution >= 4 is 16.6 Å². The number of aliphatic hydroxyl groups is 1. The van der Waals surface area contributed by atoms with Gasteiger partial charge in [-0.05, 0) is 50.7 Å². The lowest BCUT2D eigenvalue weighted by atomic mass is 9.92. The minimum atomic E-state index is -0.516. The summed E-state index contributed by atoms with van der Waals surface area (Å²) in [6, 6.07) is 4.06. The maximum Gasteiger partial charge on any atom is 0.163 e. The van der Waals surface area contributed by atoms with Gasteiger partial charge in [-0.3, -0.25) is 9.88 Å². The Bertz CT molecular complexity index is 858. The van der Waals surface area contributed by atoms with Crippen LogP contribution in [0.1, 0.15) is 37.4 Å². The Morgan fingerprint density at radius 2 is 2.00 bits per heavy atom. The van der Waals surface area contributed by atoms with E-state index in [0.717, 1.165) is 61.3 Å². The molecular formula is C22H31N3O3. The average molecular weight is 386 g/mol. The quantitative estimate of drug-likeness (QED) is 0.715. The van der Waals surface area contributed by atoms with Gasteiger partial charge < -0.3 is 19.9 Å². The lowest BCUT2D eigenvalue weighted by Gasteiger charge is -2.44. The molecule has 0 atom stereocenters. The third-order valence-electron chi connectivity index (χ3n) is 5.80. The zero-order valence-electron chi connectivity index (χ0n) is 17.2. The number of pyridine rings is 1. The van der Waals surface area contributed by atoms with Gasteiger partial charge in [0.2, 0.25) is 0 Å². The monoisotopic (exact) mass is 385 g/mol. The van der Waals surface area contributed by atoms with Gasteiger partial charge in [-0.2, -0.15) is 0 Å². The molecule has 0 bridgehead atoms. The Kier molecular flexibility index (Phi) is 5.34. The molecule has 1 aromatic heterocycles. The van der Waals surface area contributed by atoms with Crippen molar-refractivity contribution in [3.63, 3.8) is 0 Å². The third kappa shape index (κ3) is 3.76. The van der Waals surface area contributed by atoms with E-state index in [1.807, 2.05) is 26.1 Å². The number of aryl methyl sites for hydroxylation is 1. The highest BCUT2D eigenvalue weighted by Gasteiger charge is 2.35. The molecule has 2 heterocycles. The van der Waals surface area contributed by atoms with Crippen LogP contribution in [0.2, 0.25) is 0 Å². The molecule has 0 saturated carbocycles. The van der Waals surface area contributed by atoms with Gasteiger partial charge in [-0.1, -0.05) is 0 Å². The van der Waals surface area contributed by atoms with E-state index in [-0.39, 0.29) is 0 Å². The molecule has 0 amide bonds. The van der Waals surface area contributed by atoms with E-state index < -0.39 is 5.60 Å². The van der Waals surface area contributed by atoms with E-state index in [2.05, 4.69) is 10.2 Å². The van der Waals surface area contributed by atoms with Gasteiger partial charge in [0, 0.05) is 49.5 Å². The molecule has 1 saturated heterocycles. The fourth-order valence-corrected chi connectivity index (χ4v) is 4.54. The van der Waals surface area contributed by atoms with Gasteiger partial charge >= 0.3 is 0 Å². The highest BCUT2D eigenvalue weighted by molar-refractivity contribution is 5.95. The standard InChI is InChI=1S/C22H31N3O3/c1-22(26)13-25(14-22)9-6-10-28-20-12-18-16(11-19(20)27-3)21(23-2)15-7-4-5-8-17(15)24-18/h11-12,26H,4-10,13-14H2,1-3H3,(H,23,24). The zero-order chi connectivity index (χ0) is 19.7. The van der Waals surface area contributed by atoms with Gasteiger partial charge in [-0.25, -0.2) is 0 Å². The summed E-state index contributed by atoms with van der Waals surface area (Å²) in [5.74, 6) is 1.49. The van der Waals surface area contributed by atoms with E-state index in [1.165, 1.54) is 29.8 Å². The number of aromatic nitrogens is 1. The summed E-state index contributed by atoms with van der Waals surface area (Å²) in [4.78, 5) is 7.19. The Labute approximate surface area is 166 Å². The molecule has 6 nitrogen and oxygen atoms in total. The van der Waals surface area contributed by atoms with Gasteiger partial charge in [0.1, 0.15) is 0 Å². The van der Waals surface area contributed by atoms with Crippen LogP contribution >= 0.6 is 0 Å². The van der Waals surface area contributed by atoms with Crippen LogP contribution in [0.4, 0.5) is 5.69 Å². The highest BCUT2D eigenvalue weighted by Crippen LogP contribution is 2.39. The number of hydrogen-bond acceptors (Lipinski definition) is 6. The molecule has 1 aromatic carbocycles. The first-order valence-corrected chi connectivity index (χ1v) is 10.3. The normalized spacial score (nSPS) is 18.4. The maximum absolute atomic E-state index is 9.81. The van der Waals surface area contributed by atoms with Crippen molar-refractivity contribution in [3.8, 4) is 11.5 Å². The molecule has 1 aliphatic carbocycles. The maximum atomic E-state index is 9.81. The summed E-state index contributed by atoms with van der Waals surface area (Å²) in [5.41, 5.74) is 4.18. The second-order valence-electron chi connectivity index (χ2n) is 8.30. The van der Waals surface area contributed by atoms with Crippen molar-refractivity contribution in [1.82, 2.24) is 9.88 Å². The molecular weight excluding hydrogens is 354 g/mol. The highest BCUT2D eigenvalue weighted by atomic mass is 16.5. The Hall–Kier alpha value is -2.05. The number of rotatable bonds is 7. The summed E-state index contributed by atoms with van der Waals surface area (Å²) in [7, 11) is 3.66. The van der Waals surface area contributed by atoms with E-state index in [1.54, 1.807) is 7.11 Å². The van der Waals surface area contributed by atoms with Crippen molar-refractivity contribution in [2.45, 2.75) is 44.6 Å². The van der Waals surface area contributed by atoms with Crippen LogP contribution in [-0.4, -0.2) is 61.0 Å². The summed E-state index contributed by atoms with van der Waals surface area (Å²) >= 11 is 0. The van der Waals surface area contributed by atoms with E-state index in [9.17, 15) is 5.11 Å². The lowest BCUT2D eigenvalue weighted by Crippen LogP contribution is -2.59. The van der Waals surface area contributed by atoms with E-state index in [0.29, 0.717) is 6.61 Å². The molecule has 1 aliphatic heterocycles. The molecule has 2 N–H and O–H groups in total. The predicted molar refractivity (Wildman–Crippen MR) is 112 cm³/mol. The second kappa shape index (κ2) is 7.76. The molecule has 28 heavy (non-hydrogen) atoms. The number of methoxy groups -OCH3 is 1. The van der Waals surface area contributed by atoms with Crippen molar-refractivity contribution in [2.75, 3.05) is 45.7 Å². The smallest absolute Gasteiger partial charge is 0.163 e. The average Bonchev–Trinajstić information content (AvgIpc) is 2.67. The van der Waals surface area contributed by atoms with Crippen LogP contribution in [0.3, 0.4) is 0 Å². The number of anilines is 1. The molecule has 2 aromatic rings. The minimum absolute atomic E-state index is 0.516. The molecule has 1 fully saturated rings. The Balaban J connectivity index is 1.51. The molecule has 0 radical (unpaired) electrons. The van der Waals surface area contributed by atoms with Crippen molar-refractivity contribution in [3.05, 3.63) is 23.4 Å². The first-order chi connectivity index (χ1) is 13.5. The Morgan fingerprint density at radius 1 is 1.21 bits per heavy atom. The van der Waals surface area contributed by atoms with Gasteiger partial charge in [0.15, 0.2) is 11.5 Å². The fraction of sp³-hybridized carbons (Fsp3) is 0.591. The number of β-amino-alcohol motifs (C(OH)–C–C–N with tert-alkyl or cyclic N) is 1. The number of nitrogens with one attached hydrogen (secondary N) is 1. The van der Waals surface area contributed by atoms with Crippen LogP contribution < -0.4 is 14.8 Å². The third-order valence-corrected chi connectivity index (χ3v) is 5.80. The lowest BCUT2D eigenvalue weighted by molar-refractivity contribution is -0.0840. The van der Waals surface area contributed by atoms with Crippen LogP contribution in [0, 0.1) is 0 Å². The number of likely N-dealkylation sites (tertiary alicyclic amines) is 1. The van der Waals surface area contributed by atoms with Crippen molar-refractivity contribution in [1.29, 1.82) is 0 Å². The Morgan fingerprint density at radius 3 is 2.71 bits per heavy atom. The number of ether oxygens (including phenoxy) is 2. The number of nitrogens with zero attached hydrogens (tertiary/aromatic N) is 2. The van der Waals surface area contributed by atoms with Crippen LogP contribution in [0.5, 0.6) is 11.5 Å².